The standard InChI is InChI=1S/C18H21NOS/c1-14-8-6-7-9-16(14)12-13-19-18(20)15(2)21-17-10-4-3-5-11-17/h3-11,15H,12-13H2,1-2H3,(H,19,20). The first-order chi connectivity index (χ1) is 10.2. The first kappa shape index (κ1) is 15.6. The lowest BCUT2D eigenvalue weighted by molar-refractivity contribution is -0.120. The topological polar surface area (TPSA) is 29.1 Å². The summed E-state index contributed by atoms with van der Waals surface area (Å²) in [6.07, 6.45) is 0.876. The number of hydrogen-bond acceptors (Lipinski definition) is 2. The van der Waals surface area contributed by atoms with Crippen LogP contribution in [-0.4, -0.2) is 17.7 Å². The zero-order chi connectivity index (χ0) is 15.1. The predicted molar refractivity (Wildman–Crippen MR) is 89.7 cm³/mol. The second-order valence-electron chi connectivity index (χ2n) is 5.04. The molecule has 0 saturated carbocycles. The highest BCUT2D eigenvalue weighted by Crippen LogP contribution is 2.22. The van der Waals surface area contributed by atoms with Gasteiger partial charge < -0.3 is 5.32 Å². The molecule has 110 valence electrons. The van der Waals surface area contributed by atoms with E-state index in [2.05, 4.69) is 24.4 Å². The Morgan fingerprint density at radius 3 is 2.48 bits per heavy atom. The summed E-state index contributed by atoms with van der Waals surface area (Å²) in [6.45, 7) is 4.73. The van der Waals surface area contributed by atoms with Gasteiger partial charge in [-0.25, -0.2) is 0 Å². The lowest BCUT2D eigenvalue weighted by atomic mass is 10.1. The van der Waals surface area contributed by atoms with Crippen LogP contribution in [0.3, 0.4) is 0 Å². The Balaban J connectivity index is 1.78. The van der Waals surface area contributed by atoms with Gasteiger partial charge in [0.25, 0.3) is 0 Å². The second-order valence-corrected chi connectivity index (χ2v) is 6.45. The summed E-state index contributed by atoms with van der Waals surface area (Å²) < 4.78 is 0. The zero-order valence-electron chi connectivity index (χ0n) is 12.5. The first-order valence-electron chi connectivity index (χ1n) is 7.21. The van der Waals surface area contributed by atoms with Gasteiger partial charge >= 0.3 is 0 Å². The van der Waals surface area contributed by atoms with Gasteiger partial charge in [0.05, 0.1) is 5.25 Å². The molecule has 2 aromatic carbocycles. The molecule has 3 heteroatoms. The summed E-state index contributed by atoms with van der Waals surface area (Å²) in [5, 5.41) is 2.94. The average Bonchev–Trinajstić information content (AvgIpc) is 2.50. The summed E-state index contributed by atoms with van der Waals surface area (Å²) in [4.78, 5) is 13.2. The van der Waals surface area contributed by atoms with Gasteiger partial charge in [-0.15, -0.1) is 11.8 Å². The Kier molecular flexibility index (Phi) is 5.88. The van der Waals surface area contributed by atoms with Gasteiger partial charge in [-0.3, -0.25) is 4.79 Å². The molecule has 0 bridgehead atoms. The molecule has 0 aliphatic rings. The molecular formula is C18H21NOS. The van der Waals surface area contributed by atoms with E-state index in [0.29, 0.717) is 6.54 Å². The highest BCUT2D eigenvalue weighted by Gasteiger charge is 2.13. The van der Waals surface area contributed by atoms with Crippen LogP contribution in [0.25, 0.3) is 0 Å². The number of thioether (sulfide) groups is 1. The Hall–Kier alpha value is -1.74. The van der Waals surface area contributed by atoms with Gasteiger partial charge in [0.15, 0.2) is 0 Å². The fraction of sp³-hybridized carbons (Fsp3) is 0.278. The van der Waals surface area contributed by atoms with Gasteiger partial charge in [-0.05, 0) is 43.5 Å². The number of hydrogen-bond donors (Lipinski definition) is 1. The molecule has 0 spiro atoms. The lowest BCUT2D eigenvalue weighted by Crippen LogP contribution is -2.32. The Morgan fingerprint density at radius 2 is 1.76 bits per heavy atom. The van der Waals surface area contributed by atoms with Crippen molar-refractivity contribution in [1.82, 2.24) is 5.32 Å². The van der Waals surface area contributed by atoms with E-state index in [4.69, 9.17) is 0 Å². The van der Waals surface area contributed by atoms with Crippen LogP contribution in [0.5, 0.6) is 0 Å². The normalized spacial score (nSPS) is 11.9. The molecule has 0 heterocycles. The highest BCUT2D eigenvalue weighted by molar-refractivity contribution is 8.00. The smallest absolute Gasteiger partial charge is 0.233 e. The van der Waals surface area contributed by atoms with Gasteiger partial charge in [-0.2, -0.15) is 0 Å². The van der Waals surface area contributed by atoms with E-state index >= 15 is 0 Å². The summed E-state index contributed by atoms with van der Waals surface area (Å²) in [7, 11) is 0. The third-order valence-corrected chi connectivity index (χ3v) is 4.49. The van der Waals surface area contributed by atoms with E-state index in [-0.39, 0.29) is 11.2 Å². The molecule has 2 nitrogen and oxygen atoms in total. The van der Waals surface area contributed by atoms with E-state index < -0.39 is 0 Å². The van der Waals surface area contributed by atoms with E-state index in [1.807, 2.05) is 49.4 Å². The van der Waals surface area contributed by atoms with Crippen LogP contribution in [0, 0.1) is 6.92 Å². The van der Waals surface area contributed by atoms with E-state index in [0.717, 1.165) is 11.3 Å². The molecule has 1 atom stereocenters. The van der Waals surface area contributed by atoms with Crippen molar-refractivity contribution in [1.29, 1.82) is 0 Å². The van der Waals surface area contributed by atoms with Crippen molar-refractivity contribution in [3.05, 3.63) is 65.7 Å². The Bertz CT molecular complexity index is 583. The van der Waals surface area contributed by atoms with Gasteiger partial charge in [0.1, 0.15) is 0 Å². The molecule has 0 aromatic heterocycles. The SMILES string of the molecule is Cc1ccccc1CCNC(=O)C(C)Sc1ccccc1. The van der Waals surface area contributed by atoms with E-state index in [9.17, 15) is 4.79 Å². The number of aryl methyl sites for hydroxylation is 1. The molecular weight excluding hydrogens is 278 g/mol. The van der Waals surface area contributed by atoms with E-state index in [1.165, 1.54) is 11.1 Å². The monoisotopic (exact) mass is 299 g/mol. The molecule has 2 aromatic rings. The maximum absolute atomic E-state index is 12.1. The molecule has 1 amide bonds. The summed E-state index contributed by atoms with van der Waals surface area (Å²) >= 11 is 1.59. The minimum absolute atomic E-state index is 0.0794. The van der Waals surface area contributed by atoms with Crippen molar-refractivity contribution in [3.63, 3.8) is 0 Å². The molecule has 0 saturated heterocycles. The van der Waals surface area contributed by atoms with Crippen molar-refractivity contribution in [2.45, 2.75) is 30.4 Å². The predicted octanol–water partition coefficient (Wildman–Crippen LogP) is 3.83. The maximum Gasteiger partial charge on any atom is 0.233 e. The first-order valence-corrected chi connectivity index (χ1v) is 8.08. The number of amides is 1. The minimum Gasteiger partial charge on any atom is -0.355 e. The van der Waals surface area contributed by atoms with Crippen molar-refractivity contribution >= 4 is 17.7 Å². The fourth-order valence-electron chi connectivity index (χ4n) is 2.11. The molecule has 0 aliphatic carbocycles. The van der Waals surface area contributed by atoms with E-state index in [1.54, 1.807) is 11.8 Å². The second kappa shape index (κ2) is 7.89. The molecule has 0 fully saturated rings. The fourth-order valence-corrected chi connectivity index (χ4v) is 3.02. The molecule has 1 N–H and O–H groups in total. The molecule has 0 aliphatic heterocycles. The molecule has 1 unspecified atom stereocenters. The highest BCUT2D eigenvalue weighted by atomic mass is 32.2. The van der Waals surface area contributed by atoms with Gasteiger partial charge in [0.2, 0.25) is 5.91 Å². The van der Waals surface area contributed by atoms with Crippen LogP contribution >= 0.6 is 11.8 Å². The molecule has 0 radical (unpaired) electrons. The third kappa shape index (κ3) is 4.94. The Labute approximate surface area is 131 Å². The van der Waals surface area contributed by atoms with Crippen molar-refractivity contribution in [3.8, 4) is 0 Å². The Morgan fingerprint density at radius 1 is 1.10 bits per heavy atom. The number of rotatable bonds is 6. The lowest BCUT2D eigenvalue weighted by Gasteiger charge is -2.12. The van der Waals surface area contributed by atoms with Crippen LogP contribution in [0.4, 0.5) is 0 Å². The minimum atomic E-state index is -0.0794. The van der Waals surface area contributed by atoms with Gasteiger partial charge in [-0.1, -0.05) is 42.5 Å². The largest absolute Gasteiger partial charge is 0.355 e. The summed E-state index contributed by atoms with van der Waals surface area (Å²) in [5.74, 6) is 0.0948. The van der Waals surface area contributed by atoms with Crippen LogP contribution in [0.1, 0.15) is 18.1 Å². The van der Waals surface area contributed by atoms with Crippen LogP contribution < -0.4 is 5.32 Å². The van der Waals surface area contributed by atoms with Gasteiger partial charge in [0, 0.05) is 11.4 Å². The quantitative estimate of drug-likeness (QED) is 0.821. The number of nitrogens with one attached hydrogen (secondary N) is 1. The number of benzene rings is 2. The van der Waals surface area contributed by atoms with Crippen molar-refractivity contribution < 1.29 is 4.79 Å². The van der Waals surface area contributed by atoms with Crippen LogP contribution in [0.2, 0.25) is 0 Å². The molecule has 2 rings (SSSR count). The average molecular weight is 299 g/mol. The zero-order valence-corrected chi connectivity index (χ0v) is 13.3. The summed E-state index contributed by atoms with van der Waals surface area (Å²) in [5.41, 5.74) is 2.57. The maximum atomic E-state index is 12.1. The van der Waals surface area contributed by atoms with Crippen molar-refractivity contribution in [2.24, 2.45) is 0 Å². The van der Waals surface area contributed by atoms with Crippen LogP contribution in [-0.2, 0) is 11.2 Å². The van der Waals surface area contributed by atoms with Crippen molar-refractivity contribution in [2.75, 3.05) is 6.54 Å². The molecule has 21 heavy (non-hydrogen) atoms. The third-order valence-electron chi connectivity index (χ3n) is 3.38. The number of carbonyl (C=O) groups excluding carboxylic acids is 1. The van der Waals surface area contributed by atoms with Crippen LogP contribution in [0.15, 0.2) is 59.5 Å². The number of carbonyl (C=O) groups is 1. The summed E-state index contributed by atoms with van der Waals surface area (Å²) in [6, 6.07) is 18.3.